The third-order valence-electron chi connectivity index (χ3n) is 6.47. The van der Waals surface area contributed by atoms with E-state index in [9.17, 15) is 21.9 Å². The van der Waals surface area contributed by atoms with Crippen molar-refractivity contribution in [1.82, 2.24) is 15.0 Å². The predicted molar refractivity (Wildman–Crippen MR) is 184 cm³/mol. The molecule has 264 valence electrons. The number of aromatic hydroxyl groups is 1. The van der Waals surface area contributed by atoms with Gasteiger partial charge in [-0.25, -0.2) is 0 Å². The first-order valence-electron chi connectivity index (χ1n) is 14.8. The highest BCUT2D eigenvalue weighted by Crippen LogP contribution is 2.35. The molecule has 0 aliphatic heterocycles. The van der Waals surface area contributed by atoms with Gasteiger partial charge in [-0.3, -0.25) is 9.11 Å². The third-order valence-corrected chi connectivity index (χ3v) is 8.21. The Morgan fingerprint density at radius 1 is 0.588 bits per heavy atom. The molecule has 5 N–H and O–H groups in total. The lowest BCUT2D eigenvalue weighted by Gasteiger charge is -2.12. The molecule has 0 aliphatic rings. The Balaban J connectivity index is 1.31. The van der Waals surface area contributed by atoms with E-state index in [1.165, 1.54) is 48.5 Å². The highest BCUT2D eigenvalue weighted by atomic mass is 32.2. The zero-order valence-corrected chi connectivity index (χ0v) is 28.4. The van der Waals surface area contributed by atoms with E-state index in [1.54, 1.807) is 50.2 Å². The number of benzene rings is 4. The maximum Gasteiger partial charge on any atom is 0.320 e. The van der Waals surface area contributed by atoms with Crippen molar-refractivity contribution < 1.29 is 40.5 Å². The van der Waals surface area contributed by atoms with Crippen LogP contribution in [0.4, 0.5) is 46.0 Å². The van der Waals surface area contributed by atoms with Crippen LogP contribution in [0.3, 0.4) is 0 Å². The van der Waals surface area contributed by atoms with Gasteiger partial charge in [0.05, 0.1) is 34.4 Å². The van der Waals surface area contributed by atoms with E-state index in [2.05, 4.69) is 46.0 Å². The largest absolute Gasteiger partial charge is 0.491 e. The summed E-state index contributed by atoms with van der Waals surface area (Å²) in [6.45, 7) is 4.20. The minimum absolute atomic E-state index is 0.00350. The molecule has 0 aliphatic carbocycles. The SMILES string of the molecule is CCOc1cc(Nc2nc(O)nc(Nc3ccc(N=Nc4ccc(S(=O)(=O)O)cc4)c(OCC)c3)n2)ccc1N=Nc1ccc(S(=O)(=O)O)cc1. The molecule has 0 unspecified atom stereocenters. The normalized spacial score (nSPS) is 11.9. The quantitative estimate of drug-likeness (QED) is 0.0559. The first kappa shape index (κ1) is 36.2. The van der Waals surface area contributed by atoms with Gasteiger partial charge in [-0.1, -0.05) is 0 Å². The summed E-state index contributed by atoms with van der Waals surface area (Å²) in [5.74, 6) is 0.703. The summed E-state index contributed by atoms with van der Waals surface area (Å²) in [6, 6.07) is 19.6. The van der Waals surface area contributed by atoms with Crippen molar-refractivity contribution in [3.05, 3.63) is 84.9 Å². The number of hydrogen-bond acceptors (Lipinski definition) is 16. The summed E-state index contributed by atoms with van der Waals surface area (Å²) in [5, 5.41) is 32.8. The summed E-state index contributed by atoms with van der Waals surface area (Å²) < 4.78 is 74.8. The number of azo groups is 2. The molecule has 0 atom stereocenters. The van der Waals surface area contributed by atoms with Crippen molar-refractivity contribution in [2.45, 2.75) is 23.6 Å². The molecular formula is C31H29N9O9S2. The lowest BCUT2D eigenvalue weighted by molar-refractivity contribution is 0.341. The number of nitrogens with zero attached hydrogens (tertiary/aromatic N) is 7. The fourth-order valence-corrected chi connectivity index (χ4v) is 5.18. The van der Waals surface area contributed by atoms with Crippen LogP contribution in [0, 0.1) is 0 Å². The monoisotopic (exact) mass is 735 g/mol. The number of nitrogens with one attached hydrogen (secondary N) is 2. The standard InChI is InChI=1S/C31H29N9O9S2/c1-3-48-27-17-21(9-15-25(27)39-37-19-5-11-23(12-6-19)50(42,43)44)32-29-34-30(36-31(41)35-29)33-22-10-16-26(28(18-22)49-4-2)40-38-20-7-13-24(14-8-20)51(45,46)47/h5-18H,3-4H2,1-2H3,(H,42,43,44)(H,45,46,47)(H3,32,33,34,35,36,41). The zero-order chi connectivity index (χ0) is 36.6. The Labute approximate surface area is 291 Å². The van der Waals surface area contributed by atoms with Crippen molar-refractivity contribution in [2.75, 3.05) is 23.8 Å². The van der Waals surface area contributed by atoms with E-state index >= 15 is 0 Å². The summed E-state index contributed by atoms with van der Waals surface area (Å²) in [5.41, 5.74) is 2.37. The zero-order valence-electron chi connectivity index (χ0n) is 26.7. The lowest BCUT2D eigenvalue weighted by Crippen LogP contribution is -2.04. The van der Waals surface area contributed by atoms with Crippen molar-refractivity contribution in [2.24, 2.45) is 20.5 Å². The highest BCUT2D eigenvalue weighted by Gasteiger charge is 2.13. The molecule has 51 heavy (non-hydrogen) atoms. The summed E-state index contributed by atoms with van der Waals surface area (Å²) in [6.07, 6.45) is 0. The average molecular weight is 736 g/mol. The minimum Gasteiger partial charge on any atom is -0.491 e. The van der Waals surface area contributed by atoms with E-state index in [0.717, 1.165) is 0 Å². The summed E-state index contributed by atoms with van der Waals surface area (Å²) >= 11 is 0. The molecule has 1 heterocycles. The molecule has 0 amide bonds. The van der Waals surface area contributed by atoms with Crippen molar-refractivity contribution in [1.29, 1.82) is 0 Å². The predicted octanol–water partition coefficient (Wildman–Crippen LogP) is 7.19. The number of rotatable bonds is 14. The second-order valence-corrected chi connectivity index (χ2v) is 12.9. The van der Waals surface area contributed by atoms with Gasteiger partial charge in [0.1, 0.15) is 22.9 Å². The number of anilines is 4. The fourth-order valence-electron chi connectivity index (χ4n) is 4.22. The van der Waals surface area contributed by atoms with Crippen molar-refractivity contribution in [3.8, 4) is 17.5 Å². The van der Waals surface area contributed by atoms with Gasteiger partial charge < -0.3 is 25.2 Å². The van der Waals surface area contributed by atoms with Crippen LogP contribution in [0.15, 0.2) is 115 Å². The van der Waals surface area contributed by atoms with Gasteiger partial charge >= 0.3 is 6.01 Å². The lowest BCUT2D eigenvalue weighted by atomic mass is 10.2. The summed E-state index contributed by atoms with van der Waals surface area (Å²) in [7, 11) is -8.67. The van der Waals surface area contributed by atoms with Gasteiger partial charge in [0.25, 0.3) is 20.2 Å². The first-order chi connectivity index (χ1) is 24.3. The third kappa shape index (κ3) is 9.98. The van der Waals surface area contributed by atoms with Gasteiger partial charge in [0.2, 0.25) is 11.9 Å². The molecule has 5 aromatic rings. The van der Waals surface area contributed by atoms with Gasteiger partial charge in [-0.15, -0.1) is 10.2 Å². The van der Waals surface area contributed by atoms with Crippen LogP contribution in [0.2, 0.25) is 0 Å². The van der Waals surface area contributed by atoms with E-state index in [4.69, 9.17) is 18.6 Å². The Kier molecular flexibility index (Phi) is 11.1. The van der Waals surface area contributed by atoms with Crippen LogP contribution >= 0.6 is 0 Å². The maximum absolute atomic E-state index is 11.3. The molecule has 0 fully saturated rings. The van der Waals surface area contributed by atoms with Crippen LogP contribution in [0.1, 0.15) is 13.8 Å². The first-order valence-corrected chi connectivity index (χ1v) is 17.7. The van der Waals surface area contributed by atoms with Gasteiger partial charge in [-0.2, -0.15) is 42.0 Å². The van der Waals surface area contributed by atoms with Crippen LogP contribution in [-0.2, 0) is 20.2 Å². The smallest absolute Gasteiger partial charge is 0.320 e. The molecule has 0 radical (unpaired) electrons. The van der Waals surface area contributed by atoms with Gasteiger partial charge in [-0.05, 0) is 86.6 Å². The summed E-state index contributed by atoms with van der Waals surface area (Å²) in [4.78, 5) is 11.7. The fraction of sp³-hybridized carbons (Fsp3) is 0.129. The molecule has 0 bridgehead atoms. The van der Waals surface area contributed by atoms with Crippen LogP contribution in [-0.4, -0.2) is 59.2 Å². The van der Waals surface area contributed by atoms with Crippen LogP contribution < -0.4 is 20.1 Å². The molecule has 18 nitrogen and oxygen atoms in total. The van der Waals surface area contributed by atoms with E-state index < -0.39 is 26.2 Å². The Morgan fingerprint density at radius 3 is 1.33 bits per heavy atom. The van der Waals surface area contributed by atoms with E-state index in [0.29, 0.717) is 58.8 Å². The highest BCUT2D eigenvalue weighted by molar-refractivity contribution is 7.86. The molecular weight excluding hydrogens is 707 g/mol. The number of ether oxygens (including phenoxy) is 2. The Hall–Kier alpha value is -6.09. The van der Waals surface area contributed by atoms with Crippen molar-refractivity contribution >= 4 is 66.3 Å². The molecule has 5 rings (SSSR count). The van der Waals surface area contributed by atoms with E-state index in [-0.39, 0.29) is 21.7 Å². The minimum atomic E-state index is -4.33. The molecule has 0 spiro atoms. The van der Waals surface area contributed by atoms with Crippen molar-refractivity contribution in [3.63, 3.8) is 0 Å². The number of hydrogen-bond donors (Lipinski definition) is 5. The molecule has 1 aromatic heterocycles. The second-order valence-electron chi connectivity index (χ2n) is 10.1. The maximum atomic E-state index is 11.3. The van der Waals surface area contributed by atoms with Crippen LogP contribution in [0.5, 0.6) is 17.5 Å². The Morgan fingerprint density at radius 2 is 0.980 bits per heavy atom. The number of aromatic nitrogens is 3. The molecule has 0 saturated carbocycles. The average Bonchev–Trinajstić information content (AvgIpc) is 3.07. The molecule has 20 heteroatoms. The topological polar surface area (TPSA) is 260 Å². The second kappa shape index (κ2) is 15.6. The van der Waals surface area contributed by atoms with E-state index in [1.807, 2.05) is 0 Å². The Bertz CT molecular complexity index is 2150. The van der Waals surface area contributed by atoms with Gasteiger partial charge in [0, 0.05) is 23.5 Å². The van der Waals surface area contributed by atoms with Crippen LogP contribution in [0.25, 0.3) is 0 Å². The van der Waals surface area contributed by atoms with Gasteiger partial charge in [0.15, 0.2) is 0 Å². The molecule has 0 saturated heterocycles. The molecule has 4 aromatic carbocycles.